The standard InChI is InChI=1S/C13H22N4/c1-10-4-7-17-13(8-10)15-12(16-17)9-11-2-5-14-6-3-11/h10-11,14H,2-9H2,1H3. The fraction of sp³-hybridized carbons (Fsp3) is 0.846. The van der Waals surface area contributed by atoms with Crippen molar-refractivity contribution < 1.29 is 0 Å². The maximum atomic E-state index is 4.73. The molecule has 1 aromatic rings. The minimum absolute atomic E-state index is 0.776. The summed E-state index contributed by atoms with van der Waals surface area (Å²) < 4.78 is 2.14. The van der Waals surface area contributed by atoms with Crippen molar-refractivity contribution >= 4 is 0 Å². The number of hydrogen-bond acceptors (Lipinski definition) is 3. The second kappa shape index (κ2) is 4.77. The Labute approximate surface area is 103 Å². The van der Waals surface area contributed by atoms with Crippen LogP contribution < -0.4 is 5.32 Å². The second-order valence-corrected chi connectivity index (χ2v) is 5.66. The van der Waals surface area contributed by atoms with E-state index in [1.807, 2.05) is 0 Å². The van der Waals surface area contributed by atoms with Crippen LogP contribution in [-0.4, -0.2) is 27.9 Å². The molecule has 0 bridgehead atoms. The van der Waals surface area contributed by atoms with Crippen LogP contribution in [0.25, 0.3) is 0 Å². The SMILES string of the molecule is CC1CCn2nc(CC3CCNCC3)nc2C1. The molecule has 3 rings (SSSR count). The molecular weight excluding hydrogens is 212 g/mol. The Morgan fingerprint density at radius 3 is 2.94 bits per heavy atom. The first-order valence-electron chi connectivity index (χ1n) is 6.94. The zero-order chi connectivity index (χ0) is 11.7. The molecule has 0 amide bonds. The van der Waals surface area contributed by atoms with E-state index in [1.54, 1.807) is 0 Å². The van der Waals surface area contributed by atoms with Gasteiger partial charge in [-0.1, -0.05) is 6.92 Å². The van der Waals surface area contributed by atoms with E-state index in [-0.39, 0.29) is 0 Å². The van der Waals surface area contributed by atoms with E-state index < -0.39 is 0 Å². The Morgan fingerprint density at radius 1 is 1.29 bits per heavy atom. The largest absolute Gasteiger partial charge is 0.317 e. The van der Waals surface area contributed by atoms with Crippen LogP contribution in [0.1, 0.15) is 37.8 Å². The van der Waals surface area contributed by atoms with E-state index in [1.165, 1.54) is 25.1 Å². The quantitative estimate of drug-likeness (QED) is 0.841. The number of aryl methyl sites for hydroxylation is 1. The molecule has 4 heteroatoms. The highest BCUT2D eigenvalue weighted by atomic mass is 15.3. The molecule has 2 aliphatic rings. The number of hydrogen-bond donors (Lipinski definition) is 1. The Kier molecular flexibility index (Phi) is 3.14. The van der Waals surface area contributed by atoms with Gasteiger partial charge in [-0.2, -0.15) is 5.10 Å². The number of fused-ring (bicyclic) bond motifs is 1. The van der Waals surface area contributed by atoms with Gasteiger partial charge in [0, 0.05) is 19.4 Å². The Balaban J connectivity index is 1.67. The molecule has 17 heavy (non-hydrogen) atoms. The lowest BCUT2D eigenvalue weighted by molar-refractivity contribution is 0.364. The van der Waals surface area contributed by atoms with Gasteiger partial charge in [0.05, 0.1) is 0 Å². The van der Waals surface area contributed by atoms with E-state index in [0.29, 0.717) is 0 Å². The Morgan fingerprint density at radius 2 is 2.12 bits per heavy atom. The van der Waals surface area contributed by atoms with E-state index in [4.69, 9.17) is 4.98 Å². The molecule has 1 unspecified atom stereocenters. The van der Waals surface area contributed by atoms with Gasteiger partial charge in [-0.3, -0.25) is 0 Å². The van der Waals surface area contributed by atoms with Crippen LogP contribution in [0.15, 0.2) is 0 Å². The molecule has 94 valence electrons. The second-order valence-electron chi connectivity index (χ2n) is 5.66. The van der Waals surface area contributed by atoms with Gasteiger partial charge in [0.25, 0.3) is 0 Å². The van der Waals surface area contributed by atoms with Crippen LogP contribution in [0, 0.1) is 11.8 Å². The van der Waals surface area contributed by atoms with Crippen molar-refractivity contribution in [3.63, 3.8) is 0 Å². The minimum Gasteiger partial charge on any atom is -0.317 e. The Hall–Kier alpha value is -0.900. The fourth-order valence-corrected chi connectivity index (χ4v) is 2.94. The lowest BCUT2D eigenvalue weighted by Gasteiger charge is -2.21. The molecule has 0 saturated carbocycles. The van der Waals surface area contributed by atoms with Gasteiger partial charge in [-0.05, 0) is 44.2 Å². The highest BCUT2D eigenvalue weighted by Gasteiger charge is 2.21. The average Bonchev–Trinajstić information content (AvgIpc) is 2.71. The van der Waals surface area contributed by atoms with Crippen LogP contribution in [0.2, 0.25) is 0 Å². The minimum atomic E-state index is 0.776. The molecule has 1 atom stereocenters. The molecule has 0 aromatic carbocycles. The number of nitrogens with zero attached hydrogens (tertiary/aromatic N) is 3. The van der Waals surface area contributed by atoms with Crippen LogP contribution in [0.5, 0.6) is 0 Å². The monoisotopic (exact) mass is 234 g/mol. The zero-order valence-electron chi connectivity index (χ0n) is 10.7. The first-order chi connectivity index (χ1) is 8.31. The molecule has 3 heterocycles. The molecule has 1 N–H and O–H groups in total. The number of rotatable bonds is 2. The van der Waals surface area contributed by atoms with Crippen LogP contribution in [-0.2, 0) is 19.4 Å². The molecule has 0 radical (unpaired) electrons. The molecule has 1 fully saturated rings. The molecule has 0 aliphatic carbocycles. The third kappa shape index (κ3) is 2.51. The smallest absolute Gasteiger partial charge is 0.151 e. The number of aromatic nitrogens is 3. The molecule has 4 nitrogen and oxygen atoms in total. The zero-order valence-corrected chi connectivity index (χ0v) is 10.7. The summed E-state index contributed by atoms with van der Waals surface area (Å²) in [7, 11) is 0. The maximum Gasteiger partial charge on any atom is 0.151 e. The van der Waals surface area contributed by atoms with Crippen molar-refractivity contribution in [1.29, 1.82) is 0 Å². The summed E-state index contributed by atoms with van der Waals surface area (Å²) in [5.41, 5.74) is 0. The van der Waals surface area contributed by atoms with Crippen LogP contribution >= 0.6 is 0 Å². The van der Waals surface area contributed by atoms with Gasteiger partial charge in [0.15, 0.2) is 5.82 Å². The number of piperidine rings is 1. The lowest BCUT2D eigenvalue weighted by Crippen LogP contribution is -2.28. The summed E-state index contributed by atoms with van der Waals surface area (Å²) in [5, 5.41) is 8.07. The van der Waals surface area contributed by atoms with Gasteiger partial charge >= 0.3 is 0 Å². The summed E-state index contributed by atoms with van der Waals surface area (Å²) in [4.78, 5) is 4.73. The molecule has 2 aliphatic heterocycles. The van der Waals surface area contributed by atoms with Crippen LogP contribution in [0.3, 0.4) is 0 Å². The normalized spacial score (nSPS) is 25.8. The highest BCUT2D eigenvalue weighted by molar-refractivity contribution is 4.98. The van der Waals surface area contributed by atoms with E-state index in [2.05, 4.69) is 22.0 Å². The summed E-state index contributed by atoms with van der Waals surface area (Å²) in [6.45, 7) is 5.70. The van der Waals surface area contributed by atoms with Gasteiger partial charge in [0.2, 0.25) is 0 Å². The van der Waals surface area contributed by atoms with Crippen molar-refractivity contribution in [1.82, 2.24) is 20.1 Å². The molecule has 1 aromatic heterocycles. The first kappa shape index (κ1) is 11.2. The summed E-state index contributed by atoms with van der Waals surface area (Å²) >= 11 is 0. The predicted molar refractivity (Wildman–Crippen MR) is 66.8 cm³/mol. The highest BCUT2D eigenvalue weighted by Crippen LogP contribution is 2.20. The van der Waals surface area contributed by atoms with Gasteiger partial charge < -0.3 is 5.32 Å². The first-order valence-corrected chi connectivity index (χ1v) is 6.94. The van der Waals surface area contributed by atoms with E-state index in [0.717, 1.165) is 50.1 Å². The number of nitrogens with one attached hydrogen (secondary N) is 1. The molecule has 1 saturated heterocycles. The molecular formula is C13H22N4. The van der Waals surface area contributed by atoms with Crippen molar-refractivity contribution in [2.24, 2.45) is 11.8 Å². The molecule has 0 spiro atoms. The summed E-state index contributed by atoms with van der Waals surface area (Å²) in [5.74, 6) is 3.87. The van der Waals surface area contributed by atoms with Crippen LogP contribution in [0.4, 0.5) is 0 Å². The third-order valence-electron chi connectivity index (χ3n) is 4.09. The lowest BCUT2D eigenvalue weighted by atomic mass is 9.94. The summed E-state index contributed by atoms with van der Waals surface area (Å²) in [6, 6.07) is 0. The van der Waals surface area contributed by atoms with Crippen molar-refractivity contribution in [2.45, 2.75) is 45.6 Å². The predicted octanol–water partition coefficient (Wildman–Crippen LogP) is 1.40. The van der Waals surface area contributed by atoms with Crippen molar-refractivity contribution in [3.05, 3.63) is 11.6 Å². The third-order valence-corrected chi connectivity index (χ3v) is 4.09. The summed E-state index contributed by atoms with van der Waals surface area (Å²) in [6.07, 6.45) is 6.00. The van der Waals surface area contributed by atoms with Crippen molar-refractivity contribution in [2.75, 3.05) is 13.1 Å². The van der Waals surface area contributed by atoms with E-state index >= 15 is 0 Å². The maximum absolute atomic E-state index is 4.73. The van der Waals surface area contributed by atoms with E-state index in [9.17, 15) is 0 Å². The van der Waals surface area contributed by atoms with Gasteiger partial charge in [0.1, 0.15) is 5.82 Å². The fourth-order valence-electron chi connectivity index (χ4n) is 2.94. The van der Waals surface area contributed by atoms with Gasteiger partial charge in [-0.15, -0.1) is 0 Å². The topological polar surface area (TPSA) is 42.7 Å². The average molecular weight is 234 g/mol. The van der Waals surface area contributed by atoms with Gasteiger partial charge in [-0.25, -0.2) is 9.67 Å². The van der Waals surface area contributed by atoms with Crippen molar-refractivity contribution in [3.8, 4) is 0 Å². The Bertz CT molecular complexity index is 379.